The number of nitrogens with one attached hydrogen (secondary N) is 2. The highest BCUT2D eigenvalue weighted by Gasteiger charge is 2.24. The largest absolute Gasteiger partial charge is 0.494 e. The number of ether oxygens (including phenoxy) is 1. The Morgan fingerprint density at radius 3 is 2.59 bits per heavy atom. The van der Waals surface area contributed by atoms with Crippen LogP contribution in [0.1, 0.15) is 5.69 Å². The van der Waals surface area contributed by atoms with Crippen molar-refractivity contribution in [3.05, 3.63) is 59.0 Å². The Morgan fingerprint density at radius 1 is 1.05 bits per heavy atom. The molecule has 0 unspecified atom stereocenters. The van der Waals surface area contributed by atoms with Gasteiger partial charge in [0.25, 0.3) is 0 Å². The van der Waals surface area contributed by atoms with Crippen molar-refractivity contribution in [3.63, 3.8) is 0 Å². The summed E-state index contributed by atoms with van der Waals surface area (Å²) in [7, 11) is 3.22. The minimum atomic E-state index is -2.49. The van der Waals surface area contributed by atoms with Crippen LogP contribution in [-0.2, 0) is 18.0 Å². The molecule has 0 fully saturated rings. The van der Waals surface area contributed by atoms with E-state index in [0.29, 0.717) is 22.0 Å². The Hall–Kier alpha value is -3.36. The summed E-state index contributed by atoms with van der Waals surface area (Å²) in [6, 6.07) is 11.7. The fraction of sp³-hybridized carbons (Fsp3) is 0.269. The second-order valence-corrected chi connectivity index (χ2v) is 13.4. The van der Waals surface area contributed by atoms with E-state index < -0.39 is 7.14 Å². The van der Waals surface area contributed by atoms with Gasteiger partial charge >= 0.3 is 0 Å². The third kappa shape index (κ3) is 4.95. The van der Waals surface area contributed by atoms with Gasteiger partial charge in [-0.2, -0.15) is 10.1 Å². The van der Waals surface area contributed by atoms with Crippen LogP contribution in [0.5, 0.6) is 5.75 Å². The number of fused-ring (bicyclic) bond motifs is 3. The predicted molar refractivity (Wildman–Crippen MR) is 154 cm³/mol. The van der Waals surface area contributed by atoms with Crippen LogP contribution in [0.4, 0.5) is 28.8 Å². The second kappa shape index (κ2) is 9.84. The summed E-state index contributed by atoms with van der Waals surface area (Å²) in [4.78, 5) is 11.4. The molecule has 37 heavy (non-hydrogen) atoms. The average molecular weight is 582 g/mol. The van der Waals surface area contributed by atoms with Crippen LogP contribution in [0, 0.1) is 0 Å². The lowest BCUT2D eigenvalue weighted by Crippen LogP contribution is -2.20. The van der Waals surface area contributed by atoms with Gasteiger partial charge in [0.2, 0.25) is 5.95 Å². The van der Waals surface area contributed by atoms with Crippen LogP contribution in [0.15, 0.2) is 53.3 Å². The smallest absolute Gasteiger partial charge is 0.229 e. The number of benzene rings is 2. The Kier molecular flexibility index (Phi) is 6.72. The first-order chi connectivity index (χ1) is 17.7. The second-order valence-electron chi connectivity index (χ2n) is 9.38. The molecular weight excluding hydrogens is 553 g/mol. The Balaban J connectivity index is 1.53. The predicted octanol–water partition coefficient (Wildman–Crippen LogP) is 5.38. The molecule has 0 spiro atoms. The number of rotatable bonds is 6. The summed E-state index contributed by atoms with van der Waals surface area (Å²) in [5.41, 5.74) is 5.93. The van der Waals surface area contributed by atoms with Crippen molar-refractivity contribution in [1.29, 1.82) is 0 Å². The van der Waals surface area contributed by atoms with Crippen molar-refractivity contribution < 1.29 is 9.30 Å². The van der Waals surface area contributed by atoms with E-state index in [9.17, 15) is 4.57 Å². The highest BCUT2D eigenvalue weighted by atomic mass is 79.9. The number of anilines is 5. The van der Waals surface area contributed by atoms with E-state index >= 15 is 0 Å². The number of para-hydroxylation sites is 1. The highest BCUT2D eigenvalue weighted by molar-refractivity contribution is 9.10. The van der Waals surface area contributed by atoms with Crippen LogP contribution in [0.2, 0.25) is 0 Å². The number of nitrogens with zero attached hydrogens (tertiary/aromatic N) is 5. The third-order valence-corrected chi connectivity index (χ3v) is 8.62. The number of likely N-dealkylation sites (N-methyl/N-ethyl adjacent to an activating group) is 1. The number of halogens is 1. The zero-order valence-electron chi connectivity index (χ0n) is 21.4. The van der Waals surface area contributed by atoms with Gasteiger partial charge in [0.05, 0.1) is 29.2 Å². The lowest BCUT2D eigenvalue weighted by molar-refractivity contribution is 0.417. The molecule has 2 N–H and O–H groups in total. The fourth-order valence-corrected chi connectivity index (χ4v) is 6.00. The summed E-state index contributed by atoms with van der Waals surface area (Å²) >= 11 is 3.54. The first-order valence-electron chi connectivity index (χ1n) is 11.8. The zero-order chi connectivity index (χ0) is 26.3. The van der Waals surface area contributed by atoms with Crippen LogP contribution in [-0.4, -0.2) is 53.8 Å². The summed E-state index contributed by atoms with van der Waals surface area (Å²) in [6.45, 7) is 4.39. The first-order valence-corrected chi connectivity index (χ1v) is 15.2. The summed E-state index contributed by atoms with van der Waals surface area (Å²) in [5, 5.41) is 11.9. The van der Waals surface area contributed by atoms with Crippen LogP contribution in [0.25, 0.3) is 11.1 Å². The SMILES string of the molecule is COc1cc2c(cc1Nc1ncc(Br)c(Nc3ccccc3P(C)(C)=O)n1)-c1cnn(C)c1CCN2C. The molecule has 1 aliphatic rings. The number of hydrogen-bond donors (Lipinski definition) is 2. The van der Waals surface area contributed by atoms with Crippen molar-refractivity contribution in [1.82, 2.24) is 19.7 Å². The molecular formula is C26H29BrN7O2P. The molecule has 0 radical (unpaired) electrons. The minimum Gasteiger partial charge on any atom is -0.494 e. The van der Waals surface area contributed by atoms with Gasteiger partial charge in [-0.05, 0) is 47.5 Å². The van der Waals surface area contributed by atoms with Gasteiger partial charge in [-0.3, -0.25) is 4.68 Å². The lowest BCUT2D eigenvalue weighted by atomic mass is 10.0. The minimum absolute atomic E-state index is 0.394. The average Bonchev–Trinajstić information content (AvgIpc) is 3.17. The molecule has 0 saturated carbocycles. The topological polar surface area (TPSA) is 97.2 Å². The summed E-state index contributed by atoms with van der Waals surface area (Å²) < 4.78 is 21.2. The number of methoxy groups -OCH3 is 1. The molecule has 9 nitrogen and oxygen atoms in total. The monoisotopic (exact) mass is 581 g/mol. The van der Waals surface area contributed by atoms with Crippen molar-refractivity contribution >= 4 is 57.2 Å². The van der Waals surface area contributed by atoms with Crippen LogP contribution < -0.4 is 25.6 Å². The van der Waals surface area contributed by atoms with Crippen molar-refractivity contribution in [2.24, 2.45) is 7.05 Å². The Morgan fingerprint density at radius 2 is 1.84 bits per heavy atom. The van der Waals surface area contributed by atoms with Gasteiger partial charge in [0.15, 0.2) is 0 Å². The van der Waals surface area contributed by atoms with E-state index in [2.05, 4.69) is 54.7 Å². The van der Waals surface area contributed by atoms with Gasteiger partial charge in [0, 0.05) is 67.1 Å². The van der Waals surface area contributed by atoms with E-state index in [-0.39, 0.29) is 0 Å². The van der Waals surface area contributed by atoms with Crippen molar-refractivity contribution in [2.75, 3.05) is 49.6 Å². The van der Waals surface area contributed by atoms with Crippen LogP contribution >= 0.6 is 23.1 Å². The molecule has 0 aliphatic carbocycles. The molecule has 4 aromatic rings. The maximum atomic E-state index is 12.8. The quantitative estimate of drug-likeness (QED) is 0.293. The molecule has 0 atom stereocenters. The zero-order valence-corrected chi connectivity index (χ0v) is 23.9. The van der Waals surface area contributed by atoms with Gasteiger partial charge in [-0.1, -0.05) is 12.1 Å². The highest BCUT2D eigenvalue weighted by Crippen LogP contribution is 2.43. The van der Waals surface area contributed by atoms with E-state index in [1.807, 2.05) is 48.3 Å². The van der Waals surface area contributed by atoms with Crippen LogP contribution in [0.3, 0.4) is 0 Å². The van der Waals surface area contributed by atoms with E-state index in [1.165, 1.54) is 5.69 Å². The van der Waals surface area contributed by atoms with E-state index in [0.717, 1.165) is 46.5 Å². The van der Waals surface area contributed by atoms with Gasteiger partial charge < -0.3 is 24.8 Å². The Labute approximate surface area is 224 Å². The van der Waals surface area contributed by atoms with Crippen molar-refractivity contribution in [2.45, 2.75) is 6.42 Å². The maximum absolute atomic E-state index is 12.8. The summed E-state index contributed by atoms with van der Waals surface area (Å²) in [5.74, 6) is 1.63. The molecule has 2 aromatic carbocycles. The van der Waals surface area contributed by atoms with Gasteiger partial charge in [-0.15, -0.1) is 0 Å². The normalized spacial score (nSPS) is 13.0. The van der Waals surface area contributed by atoms with E-state index in [1.54, 1.807) is 26.6 Å². The van der Waals surface area contributed by atoms with Crippen molar-refractivity contribution in [3.8, 4) is 16.9 Å². The Bertz CT molecular complexity index is 1530. The maximum Gasteiger partial charge on any atom is 0.229 e. The number of aromatic nitrogens is 4. The third-order valence-electron chi connectivity index (χ3n) is 6.49. The molecule has 11 heteroatoms. The van der Waals surface area contributed by atoms with E-state index in [4.69, 9.17) is 9.72 Å². The fourth-order valence-electron chi connectivity index (χ4n) is 4.56. The number of hydrogen-bond acceptors (Lipinski definition) is 8. The van der Waals surface area contributed by atoms with Gasteiger partial charge in [-0.25, -0.2) is 4.98 Å². The molecule has 0 bridgehead atoms. The molecule has 1 aliphatic heterocycles. The molecule has 0 saturated heterocycles. The lowest BCUT2D eigenvalue weighted by Gasteiger charge is -2.22. The molecule has 3 heterocycles. The molecule has 2 aromatic heterocycles. The first kappa shape index (κ1) is 25.3. The summed E-state index contributed by atoms with van der Waals surface area (Å²) in [6.07, 6.45) is 4.50. The standard InChI is InChI=1S/C26H29BrN7O2P/c1-33-11-10-21-17(14-29-34(21)2)16-12-20(23(36-3)13-22(16)33)31-26-28-15-18(27)25(32-26)30-19-8-6-7-9-24(19)37(4,5)35/h6-9,12-15H,10-11H2,1-5H3,(H2,28,30,31,32). The molecule has 5 rings (SSSR count). The molecule has 0 amide bonds. The molecule has 192 valence electrons. The van der Waals surface area contributed by atoms with Gasteiger partial charge in [0.1, 0.15) is 18.7 Å². The number of aryl methyl sites for hydroxylation is 1.